The van der Waals surface area contributed by atoms with Crippen LogP contribution in [-0.4, -0.2) is 25.2 Å². The van der Waals surface area contributed by atoms with Crippen LogP contribution >= 0.6 is 0 Å². The lowest BCUT2D eigenvalue weighted by atomic mass is 9.96. The Hall–Kier alpha value is -2.18. The molecule has 6 heteroatoms. The minimum absolute atomic E-state index is 0.188. The highest BCUT2D eigenvalue weighted by atomic mass is 32.2. The largest absolute Gasteiger partial charge is 0.326 e. The van der Waals surface area contributed by atoms with Gasteiger partial charge in [0.25, 0.3) is 0 Å². The summed E-state index contributed by atoms with van der Waals surface area (Å²) < 4.78 is 27.5. The second-order valence-corrected chi connectivity index (χ2v) is 7.84. The van der Waals surface area contributed by atoms with Crippen molar-refractivity contribution in [2.45, 2.75) is 31.2 Å². The number of benzene rings is 2. The van der Waals surface area contributed by atoms with Crippen molar-refractivity contribution in [3.63, 3.8) is 0 Å². The third-order valence-electron chi connectivity index (χ3n) is 4.32. The van der Waals surface area contributed by atoms with E-state index in [2.05, 4.69) is 11.4 Å². The van der Waals surface area contributed by atoms with E-state index in [9.17, 15) is 13.2 Å². The zero-order valence-electron chi connectivity index (χ0n) is 13.7. The van der Waals surface area contributed by atoms with E-state index in [4.69, 9.17) is 0 Å². The van der Waals surface area contributed by atoms with E-state index < -0.39 is 10.0 Å². The molecular formula is C18H20N2O3S. The van der Waals surface area contributed by atoms with Gasteiger partial charge in [-0.2, -0.15) is 4.31 Å². The minimum Gasteiger partial charge on any atom is -0.326 e. The number of carbonyl (C=O) groups excluding carboxylic acids is 1. The summed E-state index contributed by atoms with van der Waals surface area (Å²) in [6.07, 6.45) is 0.712. The molecule has 0 spiro atoms. The Morgan fingerprint density at radius 2 is 1.79 bits per heavy atom. The maximum Gasteiger partial charge on any atom is 0.243 e. The quantitative estimate of drug-likeness (QED) is 0.931. The van der Waals surface area contributed by atoms with E-state index in [0.717, 1.165) is 5.56 Å². The van der Waals surface area contributed by atoms with Gasteiger partial charge < -0.3 is 5.32 Å². The second kappa shape index (κ2) is 6.37. The van der Waals surface area contributed by atoms with Crippen LogP contribution in [0.5, 0.6) is 0 Å². The number of hydrogen-bond donors (Lipinski definition) is 1. The summed E-state index contributed by atoms with van der Waals surface area (Å²) in [5.41, 5.74) is 2.85. The molecule has 0 fully saturated rings. The molecule has 2 aromatic carbocycles. The second-order valence-electron chi connectivity index (χ2n) is 5.95. The van der Waals surface area contributed by atoms with Crippen LogP contribution in [0.15, 0.2) is 53.4 Å². The van der Waals surface area contributed by atoms with Crippen molar-refractivity contribution in [3.05, 3.63) is 59.7 Å². The number of anilines is 1. The van der Waals surface area contributed by atoms with E-state index in [1.807, 2.05) is 25.1 Å². The van der Waals surface area contributed by atoms with E-state index in [1.54, 1.807) is 16.4 Å². The van der Waals surface area contributed by atoms with Gasteiger partial charge in [0, 0.05) is 25.2 Å². The Balaban J connectivity index is 1.90. The predicted molar refractivity (Wildman–Crippen MR) is 93.2 cm³/mol. The molecule has 1 unspecified atom stereocenters. The highest BCUT2D eigenvalue weighted by Gasteiger charge is 2.33. The first-order chi connectivity index (χ1) is 11.4. The van der Waals surface area contributed by atoms with Crippen LogP contribution in [0.2, 0.25) is 0 Å². The summed E-state index contributed by atoms with van der Waals surface area (Å²) in [6.45, 7) is 3.80. The normalized spacial score (nSPS) is 18.0. The molecule has 1 N–H and O–H groups in total. The van der Waals surface area contributed by atoms with Crippen LogP contribution < -0.4 is 5.32 Å². The van der Waals surface area contributed by atoms with Crippen molar-refractivity contribution >= 4 is 21.6 Å². The zero-order chi connectivity index (χ0) is 17.3. The van der Waals surface area contributed by atoms with Gasteiger partial charge in [-0.25, -0.2) is 8.42 Å². The molecule has 0 saturated carbocycles. The smallest absolute Gasteiger partial charge is 0.243 e. The fourth-order valence-electron chi connectivity index (χ4n) is 3.13. The van der Waals surface area contributed by atoms with Gasteiger partial charge in [-0.05, 0) is 48.7 Å². The maximum atomic E-state index is 13.0. The topological polar surface area (TPSA) is 66.5 Å². The predicted octanol–water partition coefficient (Wildman–Crippen LogP) is 2.95. The van der Waals surface area contributed by atoms with Gasteiger partial charge in [-0.3, -0.25) is 4.79 Å². The van der Waals surface area contributed by atoms with Crippen molar-refractivity contribution < 1.29 is 13.2 Å². The van der Waals surface area contributed by atoms with Crippen LogP contribution in [0.3, 0.4) is 0 Å². The lowest BCUT2D eigenvalue weighted by molar-refractivity contribution is -0.114. The number of fused-ring (bicyclic) bond motifs is 1. The summed E-state index contributed by atoms with van der Waals surface area (Å²) in [5.74, 6) is -0.188. The zero-order valence-corrected chi connectivity index (χ0v) is 14.5. The maximum absolute atomic E-state index is 13.0. The van der Waals surface area contributed by atoms with Crippen LogP contribution in [0.1, 0.15) is 31.0 Å². The summed E-state index contributed by atoms with van der Waals surface area (Å²) in [4.78, 5) is 11.3. The molecule has 0 aromatic heterocycles. The number of nitrogens with zero attached hydrogens (tertiary/aromatic N) is 1. The summed E-state index contributed by atoms with van der Waals surface area (Å²) in [7, 11) is -3.58. The number of carbonyl (C=O) groups is 1. The van der Waals surface area contributed by atoms with Gasteiger partial charge in [0.1, 0.15) is 0 Å². The molecule has 0 radical (unpaired) electrons. The highest BCUT2D eigenvalue weighted by molar-refractivity contribution is 7.89. The summed E-state index contributed by atoms with van der Waals surface area (Å²) in [6, 6.07) is 14.0. The number of amides is 1. The molecule has 1 aliphatic heterocycles. The Bertz CT molecular complexity index is 860. The van der Waals surface area contributed by atoms with Crippen molar-refractivity contribution in [1.82, 2.24) is 4.31 Å². The average Bonchev–Trinajstić information content (AvgIpc) is 2.55. The molecule has 0 saturated heterocycles. The van der Waals surface area contributed by atoms with E-state index >= 15 is 0 Å². The van der Waals surface area contributed by atoms with E-state index in [0.29, 0.717) is 18.7 Å². The van der Waals surface area contributed by atoms with Gasteiger partial charge in [0.05, 0.1) is 4.90 Å². The van der Waals surface area contributed by atoms with Gasteiger partial charge in [0.15, 0.2) is 0 Å². The van der Waals surface area contributed by atoms with Crippen molar-refractivity contribution in [1.29, 1.82) is 0 Å². The molecule has 5 nitrogen and oxygen atoms in total. The molecule has 1 atom stereocenters. The molecule has 1 heterocycles. The fourth-order valence-corrected chi connectivity index (χ4v) is 4.74. The third kappa shape index (κ3) is 3.07. The molecule has 126 valence electrons. The minimum atomic E-state index is -3.58. The Morgan fingerprint density at radius 3 is 2.46 bits per heavy atom. The van der Waals surface area contributed by atoms with Crippen molar-refractivity contribution in [2.24, 2.45) is 0 Å². The molecule has 1 amide bonds. The number of nitrogens with one attached hydrogen (secondary N) is 1. The van der Waals surface area contributed by atoms with Crippen LogP contribution in [0, 0.1) is 0 Å². The summed E-state index contributed by atoms with van der Waals surface area (Å²) in [5, 5.41) is 2.64. The summed E-state index contributed by atoms with van der Waals surface area (Å²) >= 11 is 0. The average molecular weight is 344 g/mol. The molecule has 0 aliphatic carbocycles. The number of hydrogen-bond acceptors (Lipinski definition) is 3. The lowest BCUT2D eigenvalue weighted by Crippen LogP contribution is -2.38. The van der Waals surface area contributed by atoms with Crippen LogP contribution in [0.25, 0.3) is 0 Å². The van der Waals surface area contributed by atoms with Crippen molar-refractivity contribution in [2.75, 3.05) is 11.9 Å². The molecule has 3 rings (SSSR count). The number of rotatable bonds is 3. The first-order valence-corrected chi connectivity index (χ1v) is 9.31. The standard InChI is InChI=1S/C18H20N2O3S/c1-13-18-6-4-3-5-15(18)11-12-20(13)24(22,23)17-9-7-16(8-10-17)19-14(2)21/h3-10,13H,11-12H2,1-2H3,(H,19,21). The van der Waals surface area contributed by atoms with Crippen LogP contribution in [0.4, 0.5) is 5.69 Å². The van der Waals surface area contributed by atoms with Crippen LogP contribution in [-0.2, 0) is 21.2 Å². The van der Waals surface area contributed by atoms with Crippen molar-refractivity contribution in [3.8, 4) is 0 Å². The molecule has 24 heavy (non-hydrogen) atoms. The first-order valence-electron chi connectivity index (χ1n) is 7.87. The fraction of sp³-hybridized carbons (Fsp3) is 0.278. The van der Waals surface area contributed by atoms with Gasteiger partial charge in [0.2, 0.25) is 15.9 Å². The monoisotopic (exact) mass is 344 g/mol. The first kappa shape index (κ1) is 16.7. The third-order valence-corrected chi connectivity index (χ3v) is 6.30. The Morgan fingerprint density at radius 1 is 1.12 bits per heavy atom. The van der Waals surface area contributed by atoms with Gasteiger partial charge in [-0.15, -0.1) is 0 Å². The molecule has 0 bridgehead atoms. The van der Waals surface area contributed by atoms with Gasteiger partial charge >= 0.3 is 0 Å². The Labute approximate surface area is 142 Å². The van der Waals surface area contributed by atoms with Gasteiger partial charge in [-0.1, -0.05) is 24.3 Å². The Kier molecular flexibility index (Phi) is 4.43. The highest BCUT2D eigenvalue weighted by Crippen LogP contribution is 2.33. The molecule has 2 aromatic rings. The molecular weight excluding hydrogens is 324 g/mol. The van der Waals surface area contributed by atoms with E-state index in [1.165, 1.54) is 24.6 Å². The lowest BCUT2D eigenvalue weighted by Gasteiger charge is -2.34. The van der Waals surface area contributed by atoms with E-state index in [-0.39, 0.29) is 16.8 Å². The SMILES string of the molecule is CC(=O)Nc1ccc(S(=O)(=O)N2CCc3ccccc3C2C)cc1. The number of sulfonamides is 1. The molecule has 1 aliphatic rings.